The van der Waals surface area contributed by atoms with E-state index in [1.807, 2.05) is 13.8 Å². The summed E-state index contributed by atoms with van der Waals surface area (Å²) in [5.41, 5.74) is -0.669. The molecular formula is C14H30N2O2. The Hall–Kier alpha value is -0.160. The van der Waals surface area contributed by atoms with Crippen molar-refractivity contribution in [1.82, 2.24) is 9.80 Å². The van der Waals surface area contributed by atoms with Crippen molar-refractivity contribution in [3.63, 3.8) is 0 Å². The Bertz CT molecular complexity index is 248. The first-order valence-electron chi connectivity index (χ1n) is 6.93. The highest BCUT2D eigenvalue weighted by Gasteiger charge is 2.27. The summed E-state index contributed by atoms with van der Waals surface area (Å²) in [7, 11) is 0. The summed E-state index contributed by atoms with van der Waals surface area (Å²) < 4.78 is 0. The normalized spacial score (nSPS) is 22.2. The molecule has 1 saturated heterocycles. The zero-order valence-corrected chi connectivity index (χ0v) is 12.6. The molecule has 0 saturated carbocycles. The van der Waals surface area contributed by atoms with Gasteiger partial charge in [0.1, 0.15) is 0 Å². The van der Waals surface area contributed by atoms with E-state index in [9.17, 15) is 10.2 Å². The molecule has 1 aliphatic heterocycles. The van der Waals surface area contributed by atoms with E-state index in [2.05, 4.69) is 30.6 Å². The number of hydrogen-bond donors (Lipinski definition) is 2. The molecule has 1 heterocycles. The maximum Gasteiger partial charge on any atom is 0.0718 e. The van der Waals surface area contributed by atoms with Crippen molar-refractivity contribution in [1.29, 1.82) is 0 Å². The summed E-state index contributed by atoms with van der Waals surface area (Å²) in [6, 6.07) is 0. The molecule has 0 radical (unpaired) electrons. The minimum atomic E-state index is -0.618. The highest BCUT2D eigenvalue weighted by molar-refractivity contribution is 4.81. The van der Waals surface area contributed by atoms with Gasteiger partial charge in [0, 0.05) is 39.3 Å². The van der Waals surface area contributed by atoms with Crippen molar-refractivity contribution in [2.45, 2.75) is 46.3 Å². The average Bonchev–Trinajstić information content (AvgIpc) is 2.17. The van der Waals surface area contributed by atoms with Gasteiger partial charge < -0.3 is 10.2 Å². The number of piperazine rings is 1. The van der Waals surface area contributed by atoms with Crippen molar-refractivity contribution >= 4 is 0 Å². The fourth-order valence-corrected chi connectivity index (χ4v) is 2.20. The molecule has 2 N–H and O–H groups in total. The Morgan fingerprint density at radius 2 is 1.39 bits per heavy atom. The van der Waals surface area contributed by atoms with Gasteiger partial charge in [0.2, 0.25) is 0 Å². The van der Waals surface area contributed by atoms with Gasteiger partial charge in [-0.2, -0.15) is 0 Å². The molecule has 4 heteroatoms. The van der Waals surface area contributed by atoms with Gasteiger partial charge in [-0.15, -0.1) is 0 Å². The Kier molecular flexibility index (Phi) is 5.18. The van der Waals surface area contributed by atoms with Crippen LogP contribution in [-0.4, -0.2) is 71.0 Å². The molecule has 4 nitrogen and oxygen atoms in total. The molecular weight excluding hydrogens is 228 g/mol. The summed E-state index contributed by atoms with van der Waals surface area (Å²) in [6.07, 6.45) is -0.279. The number of aliphatic hydroxyl groups excluding tert-OH is 1. The summed E-state index contributed by atoms with van der Waals surface area (Å²) in [4.78, 5) is 4.61. The Balaban J connectivity index is 2.32. The quantitative estimate of drug-likeness (QED) is 0.782. The number of rotatable bonds is 4. The van der Waals surface area contributed by atoms with Crippen LogP contribution in [-0.2, 0) is 0 Å². The van der Waals surface area contributed by atoms with Crippen LogP contribution in [0.15, 0.2) is 0 Å². The molecule has 0 aromatic heterocycles. The van der Waals surface area contributed by atoms with Gasteiger partial charge in [-0.05, 0) is 19.3 Å². The zero-order chi connectivity index (χ0) is 14.0. The molecule has 1 atom stereocenters. The van der Waals surface area contributed by atoms with E-state index in [1.54, 1.807) is 0 Å². The Labute approximate surface area is 112 Å². The predicted octanol–water partition coefficient (Wildman–Crippen LogP) is 0.782. The average molecular weight is 258 g/mol. The lowest BCUT2D eigenvalue weighted by Crippen LogP contribution is -2.52. The van der Waals surface area contributed by atoms with Gasteiger partial charge in [0.15, 0.2) is 0 Å². The van der Waals surface area contributed by atoms with E-state index in [4.69, 9.17) is 0 Å². The van der Waals surface area contributed by atoms with Crippen LogP contribution in [0.2, 0.25) is 0 Å². The predicted molar refractivity (Wildman–Crippen MR) is 74.6 cm³/mol. The lowest BCUT2D eigenvalue weighted by Gasteiger charge is -2.39. The SMILES string of the molecule is CC(C)(O)CN1CCN(C[C@@H](O)C(C)(C)C)CC1. The maximum absolute atomic E-state index is 10.1. The topological polar surface area (TPSA) is 46.9 Å². The second kappa shape index (κ2) is 5.87. The van der Waals surface area contributed by atoms with Gasteiger partial charge in [-0.3, -0.25) is 9.80 Å². The fraction of sp³-hybridized carbons (Fsp3) is 1.00. The summed E-state index contributed by atoms with van der Waals surface area (Å²) in [5, 5.41) is 19.9. The third-order valence-electron chi connectivity index (χ3n) is 3.51. The lowest BCUT2D eigenvalue weighted by atomic mass is 9.89. The largest absolute Gasteiger partial charge is 0.391 e. The van der Waals surface area contributed by atoms with Crippen molar-refractivity contribution in [3.05, 3.63) is 0 Å². The van der Waals surface area contributed by atoms with E-state index < -0.39 is 5.60 Å². The van der Waals surface area contributed by atoms with Crippen LogP contribution in [0.4, 0.5) is 0 Å². The molecule has 0 amide bonds. The summed E-state index contributed by atoms with van der Waals surface area (Å²) in [5.74, 6) is 0. The van der Waals surface area contributed by atoms with E-state index in [0.29, 0.717) is 0 Å². The van der Waals surface area contributed by atoms with Crippen LogP contribution >= 0.6 is 0 Å². The van der Waals surface area contributed by atoms with Gasteiger partial charge in [0.05, 0.1) is 11.7 Å². The first-order valence-corrected chi connectivity index (χ1v) is 6.93. The highest BCUT2D eigenvalue weighted by atomic mass is 16.3. The van der Waals surface area contributed by atoms with Crippen molar-refractivity contribution < 1.29 is 10.2 Å². The number of hydrogen-bond acceptors (Lipinski definition) is 4. The molecule has 0 aromatic carbocycles. The van der Waals surface area contributed by atoms with Crippen molar-refractivity contribution in [2.75, 3.05) is 39.3 Å². The van der Waals surface area contributed by atoms with Crippen LogP contribution in [0.5, 0.6) is 0 Å². The second-order valence-electron chi connectivity index (χ2n) is 7.27. The number of nitrogens with zero attached hydrogens (tertiary/aromatic N) is 2. The van der Waals surface area contributed by atoms with Gasteiger partial charge in [0.25, 0.3) is 0 Å². The van der Waals surface area contributed by atoms with Crippen molar-refractivity contribution in [2.24, 2.45) is 5.41 Å². The molecule has 108 valence electrons. The maximum atomic E-state index is 10.1. The molecule has 0 bridgehead atoms. The molecule has 0 aromatic rings. The highest BCUT2D eigenvalue weighted by Crippen LogP contribution is 2.20. The Morgan fingerprint density at radius 3 is 1.78 bits per heavy atom. The minimum Gasteiger partial charge on any atom is -0.391 e. The smallest absolute Gasteiger partial charge is 0.0718 e. The molecule has 1 fully saturated rings. The molecule has 18 heavy (non-hydrogen) atoms. The van der Waals surface area contributed by atoms with Crippen LogP contribution in [0.1, 0.15) is 34.6 Å². The number of aliphatic hydroxyl groups is 2. The van der Waals surface area contributed by atoms with Crippen molar-refractivity contribution in [3.8, 4) is 0 Å². The first-order chi connectivity index (χ1) is 8.08. The van der Waals surface area contributed by atoms with Crippen LogP contribution in [0, 0.1) is 5.41 Å². The minimum absolute atomic E-state index is 0.0514. The molecule has 0 aliphatic carbocycles. The molecule has 1 rings (SSSR count). The summed E-state index contributed by atoms with van der Waals surface area (Å²) >= 11 is 0. The van der Waals surface area contributed by atoms with Crippen LogP contribution in [0.3, 0.4) is 0 Å². The van der Waals surface area contributed by atoms with E-state index in [-0.39, 0.29) is 11.5 Å². The lowest BCUT2D eigenvalue weighted by molar-refractivity contribution is -0.00702. The van der Waals surface area contributed by atoms with Crippen LogP contribution in [0.25, 0.3) is 0 Å². The van der Waals surface area contributed by atoms with Gasteiger partial charge in [-0.1, -0.05) is 20.8 Å². The standard InChI is InChI=1S/C14H30N2O2/c1-13(2,3)12(17)10-15-6-8-16(9-7-15)11-14(4,5)18/h12,17-18H,6-11H2,1-5H3/t12-/m1/s1. The molecule has 1 aliphatic rings. The van der Waals surface area contributed by atoms with Gasteiger partial charge >= 0.3 is 0 Å². The first kappa shape index (κ1) is 15.9. The third kappa shape index (κ3) is 5.65. The monoisotopic (exact) mass is 258 g/mol. The fourth-order valence-electron chi connectivity index (χ4n) is 2.20. The molecule has 0 unspecified atom stereocenters. The van der Waals surface area contributed by atoms with E-state index in [0.717, 1.165) is 39.3 Å². The summed E-state index contributed by atoms with van der Waals surface area (Å²) in [6.45, 7) is 15.3. The third-order valence-corrected chi connectivity index (χ3v) is 3.51. The number of β-amino-alcohol motifs (C(OH)–C–C–N with tert-alkyl or cyclic N) is 2. The zero-order valence-electron chi connectivity index (χ0n) is 12.6. The van der Waals surface area contributed by atoms with E-state index in [1.165, 1.54) is 0 Å². The van der Waals surface area contributed by atoms with Gasteiger partial charge in [-0.25, -0.2) is 0 Å². The molecule has 0 spiro atoms. The second-order valence-corrected chi connectivity index (χ2v) is 7.27. The van der Waals surface area contributed by atoms with E-state index >= 15 is 0 Å². The Morgan fingerprint density at radius 1 is 0.944 bits per heavy atom. The van der Waals surface area contributed by atoms with Crippen LogP contribution < -0.4 is 0 Å².